The molecule has 178 valence electrons. The Labute approximate surface area is 206 Å². The molecule has 0 bridgehead atoms. The maximum Gasteiger partial charge on any atom is 0.0424 e. The smallest absolute Gasteiger partial charge is 0.0424 e. The first-order valence-corrected chi connectivity index (χ1v) is 13.8. The highest BCUT2D eigenvalue weighted by Gasteiger charge is 2.44. The molecular formula is C30H42N2S. The number of allylic oxidation sites excluding steroid dienone is 1. The zero-order valence-electron chi connectivity index (χ0n) is 21.2. The molecule has 4 rings (SSSR count). The fraction of sp³-hybridized carbons (Fsp3) is 0.467. The van der Waals surface area contributed by atoms with Gasteiger partial charge in [0, 0.05) is 21.7 Å². The van der Waals surface area contributed by atoms with E-state index >= 15 is 0 Å². The van der Waals surface area contributed by atoms with Crippen LogP contribution in [0.15, 0.2) is 60.1 Å². The number of rotatable bonds is 7. The monoisotopic (exact) mass is 462 g/mol. The van der Waals surface area contributed by atoms with Crippen LogP contribution in [0.1, 0.15) is 68.2 Å². The highest BCUT2D eigenvalue weighted by Crippen LogP contribution is 2.49. The van der Waals surface area contributed by atoms with Crippen molar-refractivity contribution < 1.29 is 0 Å². The van der Waals surface area contributed by atoms with Crippen LogP contribution in [0, 0.1) is 6.92 Å². The molecule has 2 aliphatic rings. The lowest BCUT2D eigenvalue weighted by Gasteiger charge is -2.40. The van der Waals surface area contributed by atoms with Crippen molar-refractivity contribution in [1.29, 1.82) is 0 Å². The molecule has 33 heavy (non-hydrogen) atoms. The predicted molar refractivity (Wildman–Crippen MR) is 149 cm³/mol. The molecule has 1 fully saturated rings. The van der Waals surface area contributed by atoms with Gasteiger partial charge in [0.2, 0.25) is 0 Å². The SMILES string of the molecule is C=Cc1cc(CCCN2CCC3(CC2)C(=C)Nc2ccc(C)cc23)ccc1SC.CCCC. The molecule has 1 spiro atoms. The first kappa shape index (κ1) is 25.6. The van der Waals surface area contributed by atoms with Gasteiger partial charge >= 0.3 is 0 Å². The van der Waals surface area contributed by atoms with Gasteiger partial charge in [-0.15, -0.1) is 11.8 Å². The van der Waals surface area contributed by atoms with Crippen molar-refractivity contribution in [2.24, 2.45) is 0 Å². The van der Waals surface area contributed by atoms with Crippen molar-refractivity contribution in [1.82, 2.24) is 4.90 Å². The molecule has 2 aromatic carbocycles. The van der Waals surface area contributed by atoms with E-state index in [9.17, 15) is 0 Å². The number of nitrogens with zero attached hydrogens (tertiary/aromatic N) is 1. The third-order valence-corrected chi connectivity index (χ3v) is 8.03. The quantitative estimate of drug-likeness (QED) is 0.419. The van der Waals surface area contributed by atoms with Crippen LogP contribution in [-0.4, -0.2) is 30.8 Å². The first-order chi connectivity index (χ1) is 16.0. The molecule has 2 aromatic rings. The van der Waals surface area contributed by atoms with Crippen LogP contribution in [0.4, 0.5) is 5.69 Å². The summed E-state index contributed by atoms with van der Waals surface area (Å²) in [6.45, 7) is 18.4. The highest BCUT2D eigenvalue weighted by atomic mass is 32.2. The molecular weight excluding hydrogens is 420 g/mol. The Morgan fingerprint density at radius 1 is 1.09 bits per heavy atom. The van der Waals surface area contributed by atoms with Crippen LogP contribution in [0.5, 0.6) is 0 Å². The molecule has 1 N–H and O–H groups in total. The average Bonchev–Trinajstić information content (AvgIpc) is 3.10. The Bertz CT molecular complexity index is 952. The topological polar surface area (TPSA) is 15.3 Å². The molecule has 2 heterocycles. The zero-order valence-corrected chi connectivity index (χ0v) is 22.0. The van der Waals surface area contributed by atoms with Gasteiger partial charge in [0.05, 0.1) is 0 Å². The Hall–Kier alpha value is -1.97. The van der Waals surface area contributed by atoms with Crippen molar-refractivity contribution in [3.63, 3.8) is 0 Å². The number of aryl methyl sites for hydroxylation is 2. The van der Waals surface area contributed by atoms with Crippen molar-refractivity contribution in [2.45, 2.75) is 69.6 Å². The molecule has 0 saturated carbocycles. The second kappa shape index (κ2) is 11.9. The Kier molecular flexibility index (Phi) is 9.28. The van der Waals surface area contributed by atoms with E-state index < -0.39 is 0 Å². The number of hydrogen-bond donors (Lipinski definition) is 1. The lowest BCUT2D eigenvalue weighted by atomic mass is 9.72. The molecule has 2 aliphatic heterocycles. The third kappa shape index (κ3) is 5.94. The molecule has 0 atom stereocenters. The summed E-state index contributed by atoms with van der Waals surface area (Å²) in [7, 11) is 0. The summed E-state index contributed by atoms with van der Waals surface area (Å²) in [6, 6.07) is 13.6. The van der Waals surface area contributed by atoms with Gasteiger partial charge < -0.3 is 10.2 Å². The molecule has 0 unspecified atom stereocenters. The van der Waals surface area contributed by atoms with E-state index in [4.69, 9.17) is 0 Å². The maximum absolute atomic E-state index is 4.39. The minimum Gasteiger partial charge on any atom is -0.358 e. The third-order valence-electron chi connectivity index (χ3n) is 7.22. The standard InChI is InChI=1S/C26H32N2S.C4H10/c1-5-22-18-21(9-11-25(22)29-4)7-6-14-28-15-12-26(13-16-28)20(3)27-24-10-8-19(2)17-23(24)26;1-3-4-2/h5,8-11,17-18,27H,1,3,6-7,12-16H2,2,4H3;3-4H2,1-2H3. The number of thioether (sulfide) groups is 1. The number of likely N-dealkylation sites (tertiary alicyclic amines) is 1. The van der Waals surface area contributed by atoms with Crippen LogP contribution in [0.25, 0.3) is 6.08 Å². The normalized spacial score (nSPS) is 16.7. The van der Waals surface area contributed by atoms with Gasteiger partial charge in [-0.1, -0.05) is 75.8 Å². The fourth-order valence-electron chi connectivity index (χ4n) is 4.94. The molecule has 0 amide bonds. The number of fused-ring (bicyclic) bond motifs is 2. The van der Waals surface area contributed by atoms with Gasteiger partial charge in [0.25, 0.3) is 0 Å². The van der Waals surface area contributed by atoms with Gasteiger partial charge in [0.15, 0.2) is 0 Å². The van der Waals surface area contributed by atoms with E-state index in [0.717, 1.165) is 32.4 Å². The maximum atomic E-state index is 4.39. The second-order valence-electron chi connectivity index (χ2n) is 9.46. The summed E-state index contributed by atoms with van der Waals surface area (Å²) >= 11 is 1.79. The largest absolute Gasteiger partial charge is 0.358 e. The van der Waals surface area contributed by atoms with Crippen LogP contribution in [-0.2, 0) is 11.8 Å². The van der Waals surface area contributed by atoms with Gasteiger partial charge in [-0.25, -0.2) is 0 Å². The fourth-order valence-corrected chi connectivity index (χ4v) is 5.52. The summed E-state index contributed by atoms with van der Waals surface area (Å²) in [6.07, 6.45) is 11.4. The number of unbranched alkanes of at least 4 members (excludes halogenated alkanes) is 1. The first-order valence-electron chi connectivity index (χ1n) is 12.6. The van der Waals surface area contributed by atoms with E-state index in [1.165, 1.54) is 64.3 Å². The summed E-state index contributed by atoms with van der Waals surface area (Å²) in [5, 5.41) is 3.56. The van der Waals surface area contributed by atoms with Crippen molar-refractivity contribution in [2.75, 3.05) is 31.2 Å². The van der Waals surface area contributed by atoms with Crippen molar-refractivity contribution in [3.8, 4) is 0 Å². The minimum atomic E-state index is 0.129. The van der Waals surface area contributed by atoms with Crippen molar-refractivity contribution in [3.05, 3.63) is 77.5 Å². The Morgan fingerprint density at radius 2 is 1.82 bits per heavy atom. The van der Waals surface area contributed by atoms with Gasteiger partial charge in [-0.05, 0) is 87.3 Å². The molecule has 2 nitrogen and oxygen atoms in total. The summed E-state index contributed by atoms with van der Waals surface area (Å²) in [5.74, 6) is 0. The van der Waals surface area contributed by atoms with E-state index in [1.54, 1.807) is 11.8 Å². The molecule has 0 aliphatic carbocycles. The number of benzene rings is 2. The minimum absolute atomic E-state index is 0.129. The van der Waals surface area contributed by atoms with Crippen molar-refractivity contribution >= 4 is 23.5 Å². The number of anilines is 1. The van der Waals surface area contributed by atoms with Gasteiger partial charge in [-0.3, -0.25) is 0 Å². The highest BCUT2D eigenvalue weighted by molar-refractivity contribution is 7.98. The lowest BCUT2D eigenvalue weighted by molar-refractivity contribution is 0.179. The zero-order chi connectivity index (χ0) is 23.8. The summed E-state index contributed by atoms with van der Waals surface area (Å²) < 4.78 is 0. The van der Waals surface area contributed by atoms with Crippen LogP contribution in [0.3, 0.4) is 0 Å². The van der Waals surface area contributed by atoms with Crippen LogP contribution >= 0.6 is 11.8 Å². The Morgan fingerprint density at radius 3 is 2.45 bits per heavy atom. The van der Waals surface area contributed by atoms with Crippen LogP contribution < -0.4 is 5.32 Å². The van der Waals surface area contributed by atoms with E-state index in [1.807, 2.05) is 6.08 Å². The van der Waals surface area contributed by atoms with Crippen LogP contribution in [0.2, 0.25) is 0 Å². The molecule has 1 saturated heterocycles. The number of piperidine rings is 1. The lowest BCUT2D eigenvalue weighted by Crippen LogP contribution is -2.43. The Balaban J connectivity index is 0.000000709. The van der Waals surface area contributed by atoms with E-state index in [2.05, 4.69) is 86.8 Å². The number of hydrogen-bond acceptors (Lipinski definition) is 3. The van der Waals surface area contributed by atoms with Gasteiger partial charge in [0.1, 0.15) is 0 Å². The summed E-state index contributed by atoms with van der Waals surface area (Å²) in [4.78, 5) is 3.95. The molecule has 3 heteroatoms. The van der Waals surface area contributed by atoms with E-state index in [-0.39, 0.29) is 5.41 Å². The average molecular weight is 463 g/mol. The molecule has 0 radical (unpaired) electrons. The predicted octanol–water partition coefficient (Wildman–Crippen LogP) is 8.07. The number of nitrogens with one attached hydrogen (secondary N) is 1. The van der Waals surface area contributed by atoms with E-state index in [0.29, 0.717) is 0 Å². The van der Waals surface area contributed by atoms with Gasteiger partial charge in [-0.2, -0.15) is 0 Å². The second-order valence-corrected chi connectivity index (χ2v) is 10.3. The summed E-state index contributed by atoms with van der Waals surface area (Å²) in [5.41, 5.74) is 8.08. The molecule has 0 aromatic heterocycles.